The van der Waals surface area contributed by atoms with Crippen molar-refractivity contribution in [2.45, 2.75) is 0 Å². The molecule has 0 atom stereocenters. The summed E-state index contributed by atoms with van der Waals surface area (Å²) in [6.07, 6.45) is 2.21. The van der Waals surface area contributed by atoms with Crippen LogP contribution < -0.4 is 0 Å². The fraction of sp³-hybridized carbons (Fsp3) is 0. The Balaban J connectivity index is 1.23. The Morgan fingerprint density at radius 3 is 1.36 bits per heavy atom. The van der Waals surface area contributed by atoms with Gasteiger partial charge in [0.25, 0.3) is 0 Å². The zero-order chi connectivity index (χ0) is 38.4. The van der Waals surface area contributed by atoms with Gasteiger partial charge in [-0.15, -0.1) is 0 Å². The quantitative estimate of drug-likeness (QED) is 0.154. The van der Waals surface area contributed by atoms with E-state index in [1.54, 1.807) is 0 Å². The van der Waals surface area contributed by atoms with Crippen LogP contribution in [0.1, 0.15) is 0 Å². The van der Waals surface area contributed by atoms with Gasteiger partial charge < -0.3 is 9.13 Å². The van der Waals surface area contributed by atoms with Gasteiger partial charge in [-0.3, -0.25) is 0 Å². The fourth-order valence-corrected chi connectivity index (χ4v) is 8.88. The van der Waals surface area contributed by atoms with Gasteiger partial charge in [-0.2, -0.15) is 0 Å². The van der Waals surface area contributed by atoms with Crippen molar-refractivity contribution in [1.29, 1.82) is 0 Å². The second kappa shape index (κ2) is 14.1. The molecule has 58 heavy (non-hydrogen) atoms. The van der Waals surface area contributed by atoms with Gasteiger partial charge in [0.05, 0.1) is 16.6 Å². The van der Waals surface area contributed by atoms with Crippen LogP contribution >= 0.6 is 0 Å². The van der Waals surface area contributed by atoms with E-state index in [0.29, 0.717) is 0 Å². The Labute approximate surface area is 338 Å². The van der Waals surface area contributed by atoms with E-state index < -0.39 is 0 Å². The molecule has 2 nitrogen and oxygen atoms in total. The van der Waals surface area contributed by atoms with E-state index in [0.717, 1.165) is 11.4 Å². The third kappa shape index (κ3) is 5.74. The normalized spacial score (nSPS) is 11.4. The van der Waals surface area contributed by atoms with Gasteiger partial charge in [-0.25, -0.2) is 0 Å². The molecule has 0 aliphatic carbocycles. The van der Waals surface area contributed by atoms with E-state index in [1.807, 2.05) is 0 Å². The van der Waals surface area contributed by atoms with E-state index >= 15 is 0 Å². The predicted molar refractivity (Wildman–Crippen MR) is 245 cm³/mol. The van der Waals surface area contributed by atoms with Crippen molar-refractivity contribution in [2.75, 3.05) is 0 Å². The highest BCUT2D eigenvalue weighted by Gasteiger charge is 2.21. The lowest BCUT2D eigenvalue weighted by Crippen LogP contribution is -1.97. The maximum atomic E-state index is 2.51. The fourth-order valence-electron chi connectivity index (χ4n) is 8.88. The van der Waals surface area contributed by atoms with Crippen molar-refractivity contribution in [3.8, 4) is 67.0 Å². The summed E-state index contributed by atoms with van der Waals surface area (Å²) < 4.78 is 4.81. The SMILES string of the molecule is c1ccc(-c2cc(-c3ccccc3)cc(-n3c4ccc(-c5c(-c6ccccc6)cccc5-c5ccccc5)cc4c4ccc5c(ccn5-c5ccccc5)c43)c2)cc1. The third-order valence-corrected chi connectivity index (χ3v) is 11.5. The molecule has 0 aliphatic rings. The molecule has 272 valence electrons. The summed E-state index contributed by atoms with van der Waals surface area (Å²) in [4.78, 5) is 0. The molecule has 9 aromatic carbocycles. The number of benzene rings is 9. The van der Waals surface area contributed by atoms with Crippen LogP contribution in [0.3, 0.4) is 0 Å². The molecular formula is C56H38N2. The summed E-state index contributed by atoms with van der Waals surface area (Å²) in [5.41, 5.74) is 17.8. The van der Waals surface area contributed by atoms with E-state index in [1.165, 1.54) is 88.3 Å². The van der Waals surface area contributed by atoms with Crippen molar-refractivity contribution in [3.63, 3.8) is 0 Å². The van der Waals surface area contributed by atoms with Crippen molar-refractivity contribution in [3.05, 3.63) is 231 Å². The molecule has 0 unspecified atom stereocenters. The van der Waals surface area contributed by atoms with Gasteiger partial charge in [-0.1, -0.05) is 170 Å². The van der Waals surface area contributed by atoms with Gasteiger partial charge in [0.2, 0.25) is 0 Å². The second-order valence-electron chi connectivity index (χ2n) is 14.9. The lowest BCUT2D eigenvalue weighted by molar-refractivity contribution is 1.13. The number of hydrogen-bond donors (Lipinski definition) is 0. The molecule has 2 heteroatoms. The minimum Gasteiger partial charge on any atom is -0.316 e. The first-order valence-electron chi connectivity index (χ1n) is 19.9. The average Bonchev–Trinajstić information content (AvgIpc) is 3.89. The number of para-hydroxylation sites is 1. The van der Waals surface area contributed by atoms with Crippen molar-refractivity contribution in [2.24, 2.45) is 0 Å². The summed E-state index contributed by atoms with van der Waals surface area (Å²) in [5.74, 6) is 0. The first kappa shape index (κ1) is 33.6. The van der Waals surface area contributed by atoms with E-state index in [9.17, 15) is 0 Å². The molecule has 0 aliphatic heterocycles. The minimum absolute atomic E-state index is 1.13. The van der Waals surface area contributed by atoms with E-state index in [-0.39, 0.29) is 0 Å². The van der Waals surface area contributed by atoms with Crippen LogP contribution in [0.4, 0.5) is 0 Å². The molecule has 0 fully saturated rings. The summed E-state index contributed by atoms with van der Waals surface area (Å²) in [6, 6.07) is 81.5. The number of fused-ring (bicyclic) bond motifs is 5. The predicted octanol–water partition coefficient (Wildman–Crippen LogP) is 15.1. The molecule has 0 spiro atoms. The topological polar surface area (TPSA) is 9.86 Å². The van der Waals surface area contributed by atoms with Crippen molar-refractivity contribution >= 4 is 32.7 Å². The summed E-state index contributed by atoms with van der Waals surface area (Å²) in [6.45, 7) is 0. The Morgan fingerprint density at radius 2 is 0.793 bits per heavy atom. The third-order valence-electron chi connectivity index (χ3n) is 11.5. The molecule has 11 rings (SSSR count). The number of aromatic nitrogens is 2. The van der Waals surface area contributed by atoms with Crippen LogP contribution in [0.15, 0.2) is 231 Å². The highest BCUT2D eigenvalue weighted by Crippen LogP contribution is 2.45. The maximum Gasteiger partial charge on any atom is 0.0635 e. The lowest BCUT2D eigenvalue weighted by atomic mass is 9.87. The highest BCUT2D eigenvalue weighted by molar-refractivity contribution is 6.19. The first-order valence-corrected chi connectivity index (χ1v) is 19.9. The van der Waals surface area contributed by atoms with Crippen LogP contribution in [0.25, 0.3) is 99.7 Å². The van der Waals surface area contributed by atoms with Crippen molar-refractivity contribution < 1.29 is 0 Å². The Kier molecular flexibility index (Phi) is 8.19. The zero-order valence-electron chi connectivity index (χ0n) is 31.8. The molecule has 2 aromatic heterocycles. The molecule has 0 radical (unpaired) electrons. The molecule has 0 N–H and O–H groups in total. The average molecular weight is 739 g/mol. The van der Waals surface area contributed by atoms with E-state index in [4.69, 9.17) is 0 Å². The molecule has 0 saturated carbocycles. The molecule has 0 amide bonds. The van der Waals surface area contributed by atoms with Crippen molar-refractivity contribution in [1.82, 2.24) is 9.13 Å². The van der Waals surface area contributed by atoms with Gasteiger partial charge in [0.1, 0.15) is 0 Å². The van der Waals surface area contributed by atoms with Gasteiger partial charge in [0.15, 0.2) is 0 Å². The van der Waals surface area contributed by atoms with Gasteiger partial charge >= 0.3 is 0 Å². The maximum absolute atomic E-state index is 2.51. The first-order chi connectivity index (χ1) is 28.8. The number of nitrogens with zero attached hydrogens (tertiary/aromatic N) is 2. The molecular weight excluding hydrogens is 701 g/mol. The largest absolute Gasteiger partial charge is 0.316 e. The molecule has 0 saturated heterocycles. The highest BCUT2D eigenvalue weighted by atomic mass is 15.0. The number of rotatable bonds is 7. The summed E-state index contributed by atoms with van der Waals surface area (Å²) in [7, 11) is 0. The van der Waals surface area contributed by atoms with Crippen LogP contribution in [0, 0.1) is 0 Å². The standard InChI is InChI=1S/C56H38N2/c1-6-17-39(18-7-1)44-35-45(40-19-8-2-9-20-40)37-47(36-44)58-54-31-29-43(55-48(41-21-10-3-11-22-41)27-16-28-49(55)42-23-12-4-13-24-42)38-52(54)50-30-32-53-51(56(50)58)33-34-57(53)46-25-14-5-15-26-46/h1-38H. The second-order valence-corrected chi connectivity index (χ2v) is 14.9. The minimum atomic E-state index is 1.13. The van der Waals surface area contributed by atoms with Crippen LogP contribution in [0.2, 0.25) is 0 Å². The van der Waals surface area contributed by atoms with Gasteiger partial charge in [-0.05, 0) is 110 Å². The van der Waals surface area contributed by atoms with Crippen LogP contribution in [-0.4, -0.2) is 9.13 Å². The van der Waals surface area contributed by atoms with Gasteiger partial charge in [0, 0.05) is 33.7 Å². The molecule has 2 heterocycles. The Morgan fingerprint density at radius 1 is 0.276 bits per heavy atom. The smallest absolute Gasteiger partial charge is 0.0635 e. The van der Waals surface area contributed by atoms with Crippen LogP contribution in [-0.2, 0) is 0 Å². The summed E-state index contributed by atoms with van der Waals surface area (Å²) >= 11 is 0. The number of hydrogen-bond acceptors (Lipinski definition) is 0. The van der Waals surface area contributed by atoms with E-state index in [2.05, 4.69) is 240 Å². The monoisotopic (exact) mass is 738 g/mol. The summed E-state index contributed by atoms with van der Waals surface area (Å²) in [5, 5.41) is 3.65. The Hall–Kier alpha value is -7.68. The molecule has 0 bridgehead atoms. The lowest BCUT2D eigenvalue weighted by Gasteiger charge is -2.17. The van der Waals surface area contributed by atoms with Crippen LogP contribution in [0.5, 0.6) is 0 Å². The molecule has 11 aromatic rings. The zero-order valence-corrected chi connectivity index (χ0v) is 31.8. The Bertz CT molecular complexity index is 3120.